The fourth-order valence-electron chi connectivity index (χ4n) is 3.07. The van der Waals surface area contributed by atoms with E-state index >= 15 is 0 Å². The van der Waals surface area contributed by atoms with Gasteiger partial charge in [-0.1, -0.05) is 0 Å². The number of rotatable bonds is 4. The number of amides is 2. The summed E-state index contributed by atoms with van der Waals surface area (Å²) in [5, 5.41) is 0. The Balaban J connectivity index is 1.70. The van der Waals surface area contributed by atoms with Gasteiger partial charge >= 0.3 is 0 Å². The molecule has 2 rings (SSSR count). The first kappa shape index (κ1) is 15.3. The van der Waals surface area contributed by atoms with Gasteiger partial charge < -0.3 is 16.4 Å². The lowest BCUT2D eigenvalue weighted by atomic mass is 9.93. The standard InChI is InChI=1S/C14H26N4O2/c15-12-3-5-17(6-4-12)10-14(20)18-7-1-11(2-8-18)9-13(16)19/h11-12H,1-10,15H2,(H2,16,19). The van der Waals surface area contributed by atoms with Crippen LogP contribution in [0.5, 0.6) is 0 Å². The maximum Gasteiger partial charge on any atom is 0.236 e. The number of piperidine rings is 2. The summed E-state index contributed by atoms with van der Waals surface area (Å²) in [7, 11) is 0. The molecule has 20 heavy (non-hydrogen) atoms. The first-order valence-corrected chi connectivity index (χ1v) is 7.58. The van der Waals surface area contributed by atoms with E-state index in [1.165, 1.54) is 0 Å². The highest BCUT2D eigenvalue weighted by Gasteiger charge is 2.26. The Morgan fingerprint density at radius 3 is 2.15 bits per heavy atom. The Kier molecular flexibility index (Phi) is 5.37. The monoisotopic (exact) mass is 282 g/mol. The maximum absolute atomic E-state index is 12.2. The minimum Gasteiger partial charge on any atom is -0.370 e. The molecule has 0 atom stereocenters. The molecule has 114 valence electrons. The number of hydrogen-bond acceptors (Lipinski definition) is 4. The van der Waals surface area contributed by atoms with Gasteiger partial charge in [-0.25, -0.2) is 0 Å². The lowest BCUT2D eigenvalue weighted by molar-refractivity contribution is -0.134. The second kappa shape index (κ2) is 7.04. The van der Waals surface area contributed by atoms with Crippen LogP contribution in [-0.4, -0.2) is 60.4 Å². The van der Waals surface area contributed by atoms with Gasteiger partial charge in [-0.15, -0.1) is 0 Å². The van der Waals surface area contributed by atoms with Gasteiger partial charge in [-0.2, -0.15) is 0 Å². The van der Waals surface area contributed by atoms with E-state index in [1.54, 1.807) is 0 Å². The smallest absolute Gasteiger partial charge is 0.236 e. The predicted octanol–water partition coefficient (Wildman–Crippen LogP) is -0.476. The molecule has 0 spiro atoms. The van der Waals surface area contributed by atoms with Gasteiger partial charge in [0.1, 0.15) is 0 Å². The molecule has 6 heteroatoms. The number of hydrogen-bond donors (Lipinski definition) is 2. The number of carbonyl (C=O) groups excluding carboxylic acids is 2. The van der Waals surface area contributed by atoms with Gasteiger partial charge in [0.25, 0.3) is 0 Å². The minimum atomic E-state index is -0.237. The molecule has 0 aromatic heterocycles. The average Bonchev–Trinajstić information content (AvgIpc) is 2.41. The third-order valence-electron chi connectivity index (χ3n) is 4.45. The largest absolute Gasteiger partial charge is 0.370 e. The summed E-state index contributed by atoms with van der Waals surface area (Å²) < 4.78 is 0. The Morgan fingerprint density at radius 1 is 1.00 bits per heavy atom. The summed E-state index contributed by atoms with van der Waals surface area (Å²) in [5.74, 6) is 0.321. The maximum atomic E-state index is 12.2. The summed E-state index contributed by atoms with van der Waals surface area (Å²) in [5.41, 5.74) is 11.1. The molecule has 0 aromatic carbocycles. The Hall–Kier alpha value is -1.14. The highest BCUT2D eigenvalue weighted by Crippen LogP contribution is 2.20. The molecule has 2 aliphatic heterocycles. The van der Waals surface area contributed by atoms with E-state index < -0.39 is 0 Å². The summed E-state index contributed by atoms with van der Waals surface area (Å²) in [6, 6.07) is 0.297. The van der Waals surface area contributed by atoms with Crippen LogP contribution >= 0.6 is 0 Å². The summed E-state index contributed by atoms with van der Waals surface area (Å²) in [6.45, 7) is 3.86. The normalized spacial score (nSPS) is 22.9. The highest BCUT2D eigenvalue weighted by molar-refractivity contribution is 5.78. The Morgan fingerprint density at radius 2 is 1.60 bits per heavy atom. The van der Waals surface area contributed by atoms with Crippen LogP contribution in [0.15, 0.2) is 0 Å². The minimum absolute atomic E-state index is 0.206. The van der Waals surface area contributed by atoms with Crippen LogP contribution in [0.25, 0.3) is 0 Å². The van der Waals surface area contributed by atoms with Crippen LogP contribution in [0, 0.1) is 5.92 Å². The van der Waals surface area contributed by atoms with Crippen molar-refractivity contribution in [2.75, 3.05) is 32.7 Å². The van der Waals surface area contributed by atoms with Crippen molar-refractivity contribution in [1.82, 2.24) is 9.80 Å². The first-order valence-electron chi connectivity index (χ1n) is 7.58. The molecule has 0 aliphatic carbocycles. The number of primary amides is 1. The molecule has 0 unspecified atom stereocenters. The molecule has 2 heterocycles. The van der Waals surface area contributed by atoms with E-state index in [-0.39, 0.29) is 11.8 Å². The van der Waals surface area contributed by atoms with Crippen molar-refractivity contribution < 1.29 is 9.59 Å². The Bertz CT molecular complexity index is 345. The quantitative estimate of drug-likeness (QED) is 0.728. The van der Waals surface area contributed by atoms with Gasteiger partial charge in [0.2, 0.25) is 11.8 Å². The molecule has 4 N–H and O–H groups in total. The van der Waals surface area contributed by atoms with E-state index in [0.29, 0.717) is 24.9 Å². The van der Waals surface area contributed by atoms with Gasteiger partial charge in [0.15, 0.2) is 0 Å². The number of nitrogens with two attached hydrogens (primary N) is 2. The SMILES string of the molecule is NC(=O)CC1CCN(C(=O)CN2CCC(N)CC2)CC1. The number of carbonyl (C=O) groups is 2. The van der Waals surface area contributed by atoms with Gasteiger partial charge in [0, 0.05) is 38.6 Å². The third kappa shape index (κ3) is 4.45. The molecule has 2 saturated heterocycles. The van der Waals surface area contributed by atoms with Crippen molar-refractivity contribution in [3.05, 3.63) is 0 Å². The lowest BCUT2D eigenvalue weighted by Crippen LogP contribution is -2.47. The van der Waals surface area contributed by atoms with Crippen LogP contribution in [0.4, 0.5) is 0 Å². The van der Waals surface area contributed by atoms with Crippen molar-refractivity contribution in [1.29, 1.82) is 0 Å². The van der Waals surface area contributed by atoms with Crippen molar-refractivity contribution >= 4 is 11.8 Å². The molecule has 0 radical (unpaired) electrons. The second-order valence-corrected chi connectivity index (χ2v) is 6.11. The summed E-state index contributed by atoms with van der Waals surface area (Å²) >= 11 is 0. The number of nitrogens with zero attached hydrogens (tertiary/aromatic N) is 2. The van der Waals surface area contributed by atoms with Gasteiger partial charge in [0.05, 0.1) is 6.54 Å². The molecule has 2 aliphatic rings. The lowest BCUT2D eigenvalue weighted by Gasteiger charge is -2.35. The highest BCUT2D eigenvalue weighted by atomic mass is 16.2. The number of likely N-dealkylation sites (tertiary alicyclic amines) is 2. The zero-order chi connectivity index (χ0) is 14.5. The molecule has 0 aromatic rings. The zero-order valence-corrected chi connectivity index (χ0v) is 12.1. The molecule has 6 nitrogen and oxygen atoms in total. The topological polar surface area (TPSA) is 92.7 Å². The predicted molar refractivity (Wildman–Crippen MR) is 76.8 cm³/mol. The summed E-state index contributed by atoms with van der Waals surface area (Å²) in [4.78, 5) is 27.3. The Labute approximate surface area is 120 Å². The first-order chi connectivity index (χ1) is 9.54. The summed E-state index contributed by atoms with van der Waals surface area (Å²) in [6.07, 6.45) is 4.19. The zero-order valence-electron chi connectivity index (χ0n) is 12.1. The van der Waals surface area contributed by atoms with Crippen LogP contribution in [0.2, 0.25) is 0 Å². The molecule has 2 fully saturated rings. The van der Waals surface area contributed by atoms with E-state index in [4.69, 9.17) is 11.5 Å². The van der Waals surface area contributed by atoms with Gasteiger partial charge in [-0.3, -0.25) is 14.5 Å². The van der Waals surface area contributed by atoms with E-state index in [2.05, 4.69) is 4.90 Å². The van der Waals surface area contributed by atoms with Crippen molar-refractivity contribution in [3.8, 4) is 0 Å². The molecule has 0 saturated carbocycles. The van der Waals surface area contributed by atoms with Crippen LogP contribution in [0.3, 0.4) is 0 Å². The third-order valence-corrected chi connectivity index (χ3v) is 4.45. The average molecular weight is 282 g/mol. The van der Waals surface area contributed by atoms with Crippen molar-refractivity contribution in [3.63, 3.8) is 0 Å². The molecule has 2 amide bonds. The molecular weight excluding hydrogens is 256 g/mol. The fourth-order valence-corrected chi connectivity index (χ4v) is 3.07. The van der Waals surface area contributed by atoms with Gasteiger partial charge in [-0.05, 0) is 31.6 Å². The second-order valence-electron chi connectivity index (χ2n) is 6.11. The van der Waals surface area contributed by atoms with Crippen molar-refractivity contribution in [2.24, 2.45) is 17.4 Å². The van der Waals surface area contributed by atoms with Crippen LogP contribution in [-0.2, 0) is 9.59 Å². The van der Waals surface area contributed by atoms with Crippen molar-refractivity contribution in [2.45, 2.75) is 38.1 Å². The van der Waals surface area contributed by atoms with E-state index in [1.807, 2.05) is 4.90 Å². The van der Waals surface area contributed by atoms with E-state index in [9.17, 15) is 9.59 Å². The van der Waals surface area contributed by atoms with E-state index in [0.717, 1.165) is 51.9 Å². The molecule has 0 bridgehead atoms. The molecular formula is C14H26N4O2. The van der Waals surface area contributed by atoms with Crippen LogP contribution < -0.4 is 11.5 Å². The fraction of sp³-hybridized carbons (Fsp3) is 0.857. The van der Waals surface area contributed by atoms with Crippen LogP contribution in [0.1, 0.15) is 32.1 Å².